The summed E-state index contributed by atoms with van der Waals surface area (Å²) in [6.07, 6.45) is 24.2. The lowest BCUT2D eigenvalue weighted by atomic mass is 10.1. The van der Waals surface area contributed by atoms with Crippen LogP contribution in [0.3, 0.4) is 0 Å². The number of carbonyl (C=O) groups excluding carboxylic acids is 1. The SMILES string of the molecule is CCCCCC/C=C/CCCCCCCCCC(=O)NSC. The van der Waals surface area contributed by atoms with Crippen molar-refractivity contribution in [2.24, 2.45) is 0 Å². The van der Waals surface area contributed by atoms with Crippen LogP contribution in [0.15, 0.2) is 12.2 Å². The number of carbonyl (C=O) groups is 1. The minimum Gasteiger partial charge on any atom is -0.300 e. The highest BCUT2D eigenvalue weighted by Gasteiger charge is 1.98. The summed E-state index contributed by atoms with van der Waals surface area (Å²) in [5.74, 6) is 0.175. The normalized spacial score (nSPS) is 11.2. The molecule has 0 aliphatic carbocycles. The second-order valence-corrected chi connectivity index (χ2v) is 6.68. The Morgan fingerprint density at radius 3 is 1.86 bits per heavy atom. The average molecular weight is 328 g/mol. The molecule has 0 aromatic heterocycles. The molecule has 2 nitrogen and oxygen atoms in total. The highest BCUT2D eigenvalue weighted by Crippen LogP contribution is 2.10. The zero-order valence-electron chi connectivity index (χ0n) is 14.9. The number of rotatable bonds is 16. The molecule has 0 heterocycles. The molecule has 3 heteroatoms. The third kappa shape index (κ3) is 17.6. The van der Waals surface area contributed by atoms with Crippen molar-refractivity contribution in [3.05, 3.63) is 12.2 Å². The maximum absolute atomic E-state index is 11.2. The number of allylic oxidation sites excluding steroid dienone is 2. The fourth-order valence-corrected chi connectivity index (χ4v) is 2.85. The van der Waals surface area contributed by atoms with Crippen LogP contribution in [-0.4, -0.2) is 12.2 Å². The van der Waals surface area contributed by atoms with Gasteiger partial charge in [0.1, 0.15) is 0 Å². The summed E-state index contributed by atoms with van der Waals surface area (Å²) in [5.41, 5.74) is 0. The first kappa shape index (κ1) is 21.6. The van der Waals surface area contributed by atoms with Gasteiger partial charge in [-0.3, -0.25) is 4.79 Å². The Morgan fingerprint density at radius 2 is 1.32 bits per heavy atom. The van der Waals surface area contributed by atoms with Crippen LogP contribution in [0.5, 0.6) is 0 Å². The molecule has 0 saturated carbocycles. The quantitative estimate of drug-likeness (QED) is 0.201. The Labute approximate surface area is 143 Å². The summed E-state index contributed by atoms with van der Waals surface area (Å²) in [6, 6.07) is 0. The van der Waals surface area contributed by atoms with E-state index in [0.29, 0.717) is 6.42 Å². The maximum Gasteiger partial charge on any atom is 0.229 e. The van der Waals surface area contributed by atoms with E-state index in [1.807, 2.05) is 6.26 Å². The number of unbranched alkanes of at least 4 members (excludes halogenated alkanes) is 11. The second-order valence-electron chi connectivity index (χ2n) is 6.06. The van der Waals surface area contributed by atoms with Crippen LogP contribution in [0.4, 0.5) is 0 Å². The van der Waals surface area contributed by atoms with Gasteiger partial charge in [0.05, 0.1) is 0 Å². The number of hydrogen-bond acceptors (Lipinski definition) is 2. The molecule has 130 valence electrons. The van der Waals surface area contributed by atoms with Gasteiger partial charge in [-0.25, -0.2) is 0 Å². The van der Waals surface area contributed by atoms with E-state index in [1.54, 1.807) is 0 Å². The van der Waals surface area contributed by atoms with Gasteiger partial charge < -0.3 is 4.72 Å². The predicted octanol–water partition coefficient (Wildman–Crippen LogP) is 6.42. The van der Waals surface area contributed by atoms with E-state index in [9.17, 15) is 4.79 Å². The minimum atomic E-state index is 0.175. The van der Waals surface area contributed by atoms with Gasteiger partial charge in [0.2, 0.25) is 5.91 Å². The fourth-order valence-electron chi connectivity index (χ4n) is 2.52. The summed E-state index contributed by atoms with van der Waals surface area (Å²) < 4.78 is 2.77. The number of nitrogens with one attached hydrogen (secondary N) is 1. The lowest BCUT2D eigenvalue weighted by Crippen LogP contribution is -2.14. The lowest BCUT2D eigenvalue weighted by Gasteiger charge is -2.02. The zero-order valence-corrected chi connectivity index (χ0v) is 15.7. The van der Waals surface area contributed by atoms with Crippen molar-refractivity contribution in [3.63, 3.8) is 0 Å². The van der Waals surface area contributed by atoms with Crippen LogP contribution in [-0.2, 0) is 4.79 Å². The molecule has 0 aliphatic rings. The molecule has 0 aromatic rings. The van der Waals surface area contributed by atoms with E-state index in [-0.39, 0.29) is 5.91 Å². The molecule has 0 saturated heterocycles. The molecule has 0 spiro atoms. The van der Waals surface area contributed by atoms with Crippen molar-refractivity contribution < 1.29 is 4.79 Å². The van der Waals surface area contributed by atoms with Crippen molar-refractivity contribution in [2.75, 3.05) is 6.26 Å². The molecule has 1 amide bonds. The Kier molecular flexibility index (Phi) is 18.2. The van der Waals surface area contributed by atoms with Crippen molar-refractivity contribution >= 4 is 17.9 Å². The topological polar surface area (TPSA) is 29.1 Å². The van der Waals surface area contributed by atoms with Crippen molar-refractivity contribution in [1.29, 1.82) is 0 Å². The third-order valence-electron chi connectivity index (χ3n) is 3.88. The molecule has 0 aromatic carbocycles. The Morgan fingerprint density at radius 1 is 0.818 bits per heavy atom. The van der Waals surface area contributed by atoms with Crippen LogP contribution in [0.25, 0.3) is 0 Å². The molecule has 0 rings (SSSR count). The van der Waals surface area contributed by atoms with Gasteiger partial charge in [-0.05, 0) is 32.1 Å². The first-order valence-corrected chi connectivity index (χ1v) is 10.5. The van der Waals surface area contributed by atoms with Gasteiger partial charge in [0, 0.05) is 12.7 Å². The van der Waals surface area contributed by atoms with E-state index < -0.39 is 0 Å². The Bertz CT molecular complexity index is 266. The van der Waals surface area contributed by atoms with E-state index in [0.717, 1.165) is 6.42 Å². The van der Waals surface area contributed by atoms with Gasteiger partial charge in [-0.15, -0.1) is 0 Å². The van der Waals surface area contributed by atoms with Gasteiger partial charge in [0.15, 0.2) is 0 Å². The van der Waals surface area contributed by atoms with Gasteiger partial charge in [-0.2, -0.15) is 0 Å². The van der Waals surface area contributed by atoms with Crippen LogP contribution < -0.4 is 4.72 Å². The summed E-state index contributed by atoms with van der Waals surface area (Å²) in [6.45, 7) is 2.26. The number of hydrogen-bond donors (Lipinski definition) is 1. The Hall–Kier alpha value is -0.440. The average Bonchev–Trinajstić information content (AvgIpc) is 2.51. The largest absolute Gasteiger partial charge is 0.300 e. The third-order valence-corrected chi connectivity index (χ3v) is 4.31. The zero-order chi connectivity index (χ0) is 16.3. The van der Waals surface area contributed by atoms with E-state index in [1.165, 1.54) is 89.0 Å². The van der Waals surface area contributed by atoms with E-state index >= 15 is 0 Å². The first-order chi connectivity index (χ1) is 10.8. The van der Waals surface area contributed by atoms with E-state index in [2.05, 4.69) is 23.8 Å². The molecule has 0 fully saturated rings. The molecule has 0 radical (unpaired) electrons. The summed E-state index contributed by atoms with van der Waals surface area (Å²) in [5, 5.41) is 0. The summed E-state index contributed by atoms with van der Waals surface area (Å²) >= 11 is 1.39. The molecule has 22 heavy (non-hydrogen) atoms. The highest BCUT2D eigenvalue weighted by molar-refractivity contribution is 7.97. The Balaban J connectivity index is 3.11. The van der Waals surface area contributed by atoms with E-state index in [4.69, 9.17) is 0 Å². The lowest BCUT2D eigenvalue weighted by molar-refractivity contribution is -0.119. The van der Waals surface area contributed by atoms with Crippen LogP contribution in [0.2, 0.25) is 0 Å². The molecular formula is C19H37NOS. The smallest absolute Gasteiger partial charge is 0.229 e. The minimum absolute atomic E-state index is 0.175. The maximum atomic E-state index is 11.2. The molecule has 0 unspecified atom stereocenters. The molecule has 0 aliphatic heterocycles. The first-order valence-electron chi connectivity index (χ1n) is 9.28. The predicted molar refractivity (Wildman–Crippen MR) is 101 cm³/mol. The monoisotopic (exact) mass is 327 g/mol. The fraction of sp³-hybridized carbons (Fsp3) is 0.842. The van der Waals surface area contributed by atoms with Crippen LogP contribution >= 0.6 is 11.9 Å². The van der Waals surface area contributed by atoms with Crippen molar-refractivity contribution in [1.82, 2.24) is 4.72 Å². The molecule has 0 atom stereocenters. The molecule has 1 N–H and O–H groups in total. The summed E-state index contributed by atoms with van der Waals surface area (Å²) in [7, 11) is 0. The van der Waals surface area contributed by atoms with Crippen LogP contribution in [0, 0.1) is 0 Å². The summed E-state index contributed by atoms with van der Waals surface area (Å²) in [4.78, 5) is 11.2. The van der Waals surface area contributed by atoms with Crippen molar-refractivity contribution in [2.45, 2.75) is 96.8 Å². The van der Waals surface area contributed by atoms with Crippen molar-refractivity contribution in [3.8, 4) is 0 Å². The highest BCUT2D eigenvalue weighted by atomic mass is 32.2. The molecular weight excluding hydrogens is 290 g/mol. The van der Waals surface area contributed by atoms with Gasteiger partial charge >= 0.3 is 0 Å². The van der Waals surface area contributed by atoms with Gasteiger partial charge in [-0.1, -0.05) is 82.4 Å². The number of amides is 1. The standard InChI is InChI=1S/C19H37NOS/c1-3-4-5-6-7-8-9-10-11-12-13-14-15-16-17-18-19(21)20-22-2/h8-9H,3-7,10-18H2,1-2H3,(H,20,21)/b9-8+. The van der Waals surface area contributed by atoms with Gasteiger partial charge in [0.25, 0.3) is 0 Å². The molecule has 0 bridgehead atoms. The van der Waals surface area contributed by atoms with Crippen LogP contribution in [0.1, 0.15) is 96.8 Å². The second kappa shape index (κ2) is 18.6.